The third-order valence-electron chi connectivity index (χ3n) is 2.76. The fourth-order valence-electron chi connectivity index (χ4n) is 1.82. The van der Waals surface area contributed by atoms with Gasteiger partial charge in [0.15, 0.2) is 0 Å². The van der Waals surface area contributed by atoms with Crippen molar-refractivity contribution >= 4 is 20.8 Å². The minimum atomic E-state index is -3.73. The molecule has 1 aromatic rings. The number of sulfonamides is 1. The van der Waals surface area contributed by atoms with Crippen molar-refractivity contribution in [3.8, 4) is 0 Å². The van der Waals surface area contributed by atoms with Crippen molar-refractivity contribution in [2.45, 2.75) is 12.5 Å². The summed E-state index contributed by atoms with van der Waals surface area (Å²) < 4.78 is 25.1. The number of aliphatic hydroxyl groups is 1. The third-order valence-corrected chi connectivity index (χ3v) is 4.16. The second kappa shape index (κ2) is 5.12. The number of hydrogen-bond donors (Lipinski definition) is 3. The van der Waals surface area contributed by atoms with E-state index < -0.39 is 15.9 Å². The number of nitrogens with two attached hydrogens (primary N) is 1. The number of carbonyl (C=O) groups excluding carboxylic acids is 1. The Morgan fingerprint density at radius 1 is 1.26 bits per heavy atom. The summed E-state index contributed by atoms with van der Waals surface area (Å²) in [5.74, 6) is -0.638. The van der Waals surface area contributed by atoms with Crippen LogP contribution in [0.15, 0.2) is 30.3 Å². The molecule has 0 fully saturated rings. The lowest BCUT2D eigenvalue weighted by atomic mass is 10.0. The molecule has 1 atom stereocenters. The van der Waals surface area contributed by atoms with Crippen LogP contribution in [0.2, 0.25) is 0 Å². The summed E-state index contributed by atoms with van der Waals surface area (Å²) in [4.78, 5) is 11.1. The van der Waals surface area contributed by atoms with E-state index in [1.807, 2.05) is 4.72 Å². The smallest absolute Gasteiger partial charge is 0.265 e. The first-order chi connectivity index (χ1) is 8.92. The van der Waals surface area contributed by atoms with Crippen LogP contribution in [0, 0.1) is 0 Å². The number of rotatable bonds is 4. The molecule has 0 saturated heterocycles. The highest BCUT2D eigenvalue weighted by atomic mass is 32.2. The molecular weight excluding hydrogens is 268 g/mol. The molecule has 7 heteroatoms. The van der Waals surface area contributed by atoms with Gasteiger partial charge in [0, 0.05) is 12.1 Å². The molecule has 0 unspecified atom stereocenters. The lowest BCUT2D eigenvalue weighted by Crippen LogP contribution is -2.26. The van der Waals surface area contributed by atoms with E-state index in [2.05, 4.69) is 0 Å². The second-order valence-corrected chi connectivity index (χ2v) is 5.97. The summed E-state index contributed by atoms with van der Waals surface area (Å²) >= 11 is 0. The van der Waals surface area contributed by atoms with Crippen molar-refractivity contribution in [2.75, 3.05) is 6.61 Å². The van der Waals surface area contributed by atoms with E-state index in [4.69, 9.17) is 10.8 Å². The third kappa shape index (κ3) is 3.01. The SMILES string of the molecule is N[C@H](CO)Cc1ccc(C2=CC(=O)NS2(=O)=O)cc1. The van der Waals surface area contributed by atoms with Crippen LogP contribution in [-0.2, 0) is 21.2 Å². The molecule has 1 amide bonds. The number of aliphatic hydroxyl groups excluding tert-OH is 1. The topological polar surface area (TPSA) is 109 Å². The van der Waals surface area contributed by atoms with Gasteiger partial charge in [0.1, 0.15) is 4.91 Å². The zero-order valence-corrected chi connectivity index (χ0v) is 10.9. The van der Waals surface area contributed by atoms with E-state index in [0.29, 0.717) is 12.0 Å². The van der Waals surface area contributed by atoms with Gasteiger partial charge in [-0.05, 0) is 17.5 Å². The van der Waals surface area contributed by atoms with Crippen LogP contribution in [0.25, 0.3) is 4.91 Å². The normalized spacial score (nSPS) is 18.8. The van der Waals surface area contributed by atoms with Crippen LogP contribution in [0.3, 0.4) is 0 Å². The van der Waals surface area contributed by atoms with Gasteiger partial charge >= 0.3 is 0 Å². The molecule has 1 heterocycles. The predicted octanol–water partition coefficient (Wildman–Crippen LogP) is -0.651. The molecule has 1 aliphatic rings. The first-order valence-corrected chi connectivity index (χ1v) is 7.15. The van der Waals surface area contributed by atoms with Crippen LogP contribution >= 0.6 is 0 Å². The minimum absolute atomic E-state index is 0.0319. The summed E-state index contributed by atoms with van der Waals surface area (Å²) in [5.41, 5.74) is 6.95. The molecule has 19 heavy (non-hydrogen) atoms. The Bertz CT molecular complexity index is 620. The van der Waals surface area contributed by atoms with Gasteiger partial charge in [-0.1, -0.05) is 24.3 Å². The quantitative estimate of drug-likeness (QED) is 0.680. The molecule has 1 aromatic carbocycles. The van der Waals surface area contributed by atoms with E-state index in [1.165, 1.54) is 0 Å². The monoisotopic (exact) mass is 282 g/mol. The van der Waals surface area contributed by atoms with Gasteiger partial charge in [-0.3, -0.25) is 4.79 Å². The molecule has 0 aromatic heterocycles. The van der Waals surface area contributed by atoms with Gasteiger partial charge in [-0.25, -0.2) is 13.1 Å². The van der Waals surface area contributed by atoms with Crippen molar-refractivity contribution in [3.05, 3.63) is 41.5 Å². The maximum Gasteiger partial charge on any atom is 0.265 e. The molecule has 0 spiro atoms. The summed E-state index contributed by atoms with van der Waals surface area (Å²) in [5, 5.41) is 8.86. The molecule has 0 saturated carbocycles. The van der Waals surface area contributed by atoms with Gasteiger partial charge < -0.3 is 10.8 Å². The van der Waals surface area contributed by atoms with E-state index in [1.54, 1.807) is 24.3 Å². The van der Waals surface area contributed by atoms with E-state index in [-0.39, 0.29) is 17.6 Å². The Labute approximate surface area is 111 Å². The van der Waals surface area contributed by atoms with Crippen LogP contribution < -0.4 is 10.5 Å². The molecular formula is C12H14N2O4S. The molecule has 102 valence electrons. The molecule has 1 aliphatic heterocycles. The summed E-state index contributed by atoms with van der Waals surface area (Å²) in [7, 11) is -3.73. The van der Waals surface area contributed by atoms with Crippen LogP contribution in [0.1, 0.15) is 11.1 Å². The fourth-order valence-corrected chi connectivity index (χ4v) is 2.97. The number of hydrogen-bond acceptors (Lipinski definition) is 5. The number of carbonyl (C=O) groups is 1. The maximum atomic E-state index is 11.6. The first-order valence-electron chi connectivity index (χ1n) is 5.66. The average molecular weight is 282 g/mol. The summed E-state index contributed by atoms with van der Waals surface area (Å²) in [6.45, 7) is -0.111. The average Bonchev–Trinajstić information content (AvgIpc) is 2.63. The highest BCUT2D eigenvalue weighted by molar-refractivity contribution is 7.99. The van der Waals surface area contributed by atoms with E-state index >= 15 is 0 Å². The Morgan fingerprint density at radius 2 is 1.89 bits per heavy atom. The lowest BCUT2D eigenvalue weighted by molar-refractivity contribution is -0.114. The molecule has 0 radical (unpaired) electrons. The van der Waals surface area contributed by atoms with Gasteiger partial charge in [0.25, 0.3) is 15.9 Å². The Kier molecular flexibility index (Phi) is 3.70. The van der Waals surface area contributed by atoms with Gasteiger partial charge in [-0.15, -0.1) is 0 Å². The standard InChI is InChI=1S/C12H14N2O4S/c13-10(7-15)5-8-1-3-9(4-2-8)11-6-12(16)14-19(11,17)18/h1-4,6,10,15H,5,7,13H2,(H,14,16)/t10-/m0/s1. The highest BCUT2D eigenvalue weighted by Gasteiger charge is 2.28. The molecule has 6 nitrogen and oxygen atoms in total. The molecule has 2 rings (SSSR count). The van der Waals surface area contributed by atoms with Crippen molar-refractivity contribution in [3.63, 3.8) is 0 Å². The molecule has 0 bridgehead atoms. The Morgan fingerprint density at radius 3 is 2.37 bits per heavy atom. The Hall–Kier alpha value is -1.70. The highest BCUT2D eigenvalue weighted by Crippen LogP contribution is 2.24. The number of nitrogens with one attached hydrogen (secondary N) is 1. The second-order valence-electron chi connectivity index (χ2n) is 4.32. The fraction of sp³-hybridized carbons (Fsp3) is 0.250. The van der Waals surface area contributed by atoms with Crippen molar-refractivity contribution in [1.29, 1.82) is 0 Å². The van der Waals surface area contributed by atoms with Crippen LogP contribution in [0.5, 0.6) is 0 Å². The van der Waals surface area contributed by atoms with Crippen LogP contribution in [0.4, 0.5) is 0 Å². The number of amides is 1. The van der Waals surface area contributed by atoms with Crippen molar-refractivity contribution in [2.24, 2.45) is 5.73 Å². The molecule has 4 N–H and O–H groups in total. The largest absolute Gasteiger partial charge is 0.395 e. The summed E-state index contributed by atoms with van der Waals surface area (Å²) in [6, 6.07) is 6.34. The molecule has 0 aliphatic carbocycles. The summed E-state index contributed by atoms with van der Waals surface area (Å²) in [6.07, 6.45) is 1.56. The maximum absolute atomic E-state index is 11.6. The lowest BCUT2D eigenvalue weighted by Gasteiger charge is -2.09. The Balaban J connectivity index is 2.24. The van der Waals surface area contributed by atoms with Gasteiger partial charge in [0.05, 0.1) is 6.61 Å². The zero-order valence-electron chi connectivity index (χ0n) is 10.0. The number of benzene rings is 1. The van der Waals surface area contributed by atoms with Gasteiger partial charge in [0.2, 0.25) is 0 Å². The zero-order chi connectivity index (χ0) is 14.0. The van der Waals surface area contributed by atoms with Crippen molar-refractivity contribution in [1.82, 2.24) is 4.72 Å². The minimum Gasteiger partial charge on any atom is -0.395 e. The first kappa shape index (κ1) is 13.7. The van der Waals surface area contributed by atoms with Gasteiger partial charge in [-0.2, -0.15) is 0 Å². The predicted molar refractivity (Wildman–Crippen MR) is 70.2 cm³/mol. The van der Waals surface area contributed by atoms with Crippen LogP contribution in [-0.4, -0.2) is 32.1 Å². The van der Waals surface area contributed by atoms with E-state index in [0.717, 1.165) is 11.6 Å². The van der Waals surface area contributed by atoms with Crippen molar-refractivity contribution < 1.29 is 18.3 Å². The van der Waals surface area contributed by atoms with E-state index in [9.17, 15) is 13.2 Å².